The van der Waals surface area contributed by atoms with Crippen molar-refractivity contribution < 1.29 is 4.79 Å². The number of aromatic nitrogens is 1. The van der Waals surface area contributed by atoms with Gasteiger partial charge in [0.15, 0.2) is 5.96 Å². The third-order valence-corrected chi connectivity index (χ3v) is 5.54. The summed E-state index contributed by atoms with van der Waals surface area (Å²) >= 11 is 0. The smallest absolute Gasteiger partial charge is 0.220 e. The van der Waals surface area contributed by atoms with E-state index in [9.17, 15) is 4.79 Å². The zero-order valence-corrected chi connectivity index (χ0v) is 19.9. The van der Waals surface area contributed by atoms with Crippen molar-refractivity contribution >= 4 is 46.7 Å². The molecule has 1 saturated heterocycles. The topological polar surface area (TPSA) is 72.5 Å². The molecule has 7 heteroatoms. The molecule has 0 spiro atoms. The maximum atomic E-state index is 11.6. The summed E-state index contributed by atoms with van der Waals surface area (Å²) in [6.45, 7) is 5.74. The molecule has 6 nitrogen and oxygen atoms in total. The summed E-state index contributed by atoms with van der Waals surface area (Å²) < 4.78 is 0. The predicted octanol–water partition coefficient (Wildman–Crippen LogP) is 3.53. The predicted molar refractivity (Wildman–Crippen MR) is 131 cm³/mol. The summed E-state index contributed by atoms with van der Waals surface area (Å²) in [7, 11) is 1.71. The van der Waals surface area contributed by atoms with E-state index in [1.54, 1.807) is 7.05 Å². The molecule has 1 aliphatic rings. The number of likely N-dealkylation sites (tertiary alicyclic amines) is 1. The van der Waals surface area contributed by atoms with Gasteiger partial charge >= 0.3 is 0 Å². The number of guanidine groups is 1. The zero-order chi connectivity index (χ0) is 19.8. The number of carbonyl (C=O) groups is 1. The van der Waals surface area contributed by atoms with Gasteiger partial charge in [0.05, 0.1) is 0 Å². The summed E-state index contributed by atoms with van der Waals surface area (Å²) in [5.41, 5.74) is 2.57. The molecule has 160 valence electrons. The first-order valence-electron chi connectivity index (χ1n) is 10.5. The molecule has 0 saturated carbocycles. The number of H-pyrrole nitrogens is 1. The number of hydrogen-bond donors (Lipinski definition) is 3. The highest BCUT2D eigenvalue weighted by Crippen LogP contribution is 2.21. The number of benzene rings is 1. The van der Waals surface area contributed by atoms with Gasteiger partial charge in [-0.15, -0.1) is 24.0 Å². The number of fused-ring (bicyclic) bond motifs is 1. The average Bonchev–Trinajstić information content (AvgIpc) is 3.14. The minimum absolute atomic E-state index is 0. The highest BCUT2D eigenvalue weighted by Gasteiger charge is 2.22. The van der Waals surface area contributed by atoms with E-state index in [0.29, 0.717) is 12.3 Å². The van der Waals surface area contributed by atoms with Crippen molar-refractivity contribution in [2.45, 2.75) is 39.0 Å². The Bertz CT molecular complexity index is 795. The van der Waals surface area contributed by atoms with E-state index >= 15 is 0 Å². The highest BCUT2D eigenvalue weighted by molar-refractivity contribution is 14.0. The lowest BCUT2D eigenvalue weighted by Gasteiger charge is -2.34. The number of halogens is 1. The van der Waals surface area contributed by atoms with Gasteiger partial charge in [-0.05, 0) is 50.2 Å². The molecule has 3 rings (SSSR count). The van der Waals surface area contributed by atoms with Crippen LogP contribution in [0, 0.1) is 5.92 Å². The molecule has 1 amide bonds. The van der Waals surface area contributed by atoms with Crippen molar-refractivity contribution in [1.82, 2.24) is 20.5 Å². The van der Waals surface area contributed by atoms with Crippen molar-refractivity contribution in [3.63, 3.8) is 0 Å². The maximum Gasteiger partial charge on any atom is 0.220 e. The lowest BCUT2D eigenvalue weighted by atomic mass is 9.93. The van der Waals surface area contributed by atoms with Crippen molar-refractivity contribution in [1.29, 1.82) is 0 Å². The Kier molecular flexibility index (Phi) is 9.76. The quantitative estimate of drug-likeness (QED) is 0.231. The lowest BCUT2D eigenvalue weighted by Crippen LogP contribution is -2.46. The van der Waals surface area contributed by atoms with Crippen LogP contribution in [0.3, 0.4) is 0 Å². The third-order valence-electron chi connectivity index (χ3n) is 5.54. The number of amides is 1. The van der Waals surface area contributed by atoms with Crippen LogP contribution in [0.1, 0.15) is 38.2 Å². The first-order valence-corrected chi connectivity index (χ1v) is 10.5. The number of nitrogens with one attached hydrogen (secondary N) is 3. The Morgan fingerprint density at radius 2 is 2.03 bits per heavy atom. The second-order valence-corrected chi connectivity index (χ2v) is 7.51. The molecular weight excluding hydrogens is 477 g/mol. The van der Waals surface area contributed by atoms with Crippen LogP contribution in [0.5, 0.6) is 0 Å². The molecule has 2 heterocycles. The van der Waals surface area contributed by atoms with Gasteiger partial charge in [0, 0.05) is 56.7 Å². The van der Waals surface area contributed by atoms with Crippen LogP contribution in [0.2, 0.25) is 0 Å². The average molecular weight is 511 g/mol. The van der Waals surface area contributed by atoms with Crippen LogP contribution in [-0.4, -0.2) is 55.0 Å². The molecule has 29 heavy (non-hydrogen) atoms. The summed E-state index contributed by atoms with van der Waals surface area (Å²) in [5, 5.41) is 7.48. The van der Waals surface area contributed by atoms with Crippen LogP contribution in [0.15, 0.2) is 35.5 Å². The van der Waals surface area contributed by atoms with Gasteiger partial charge in [-0.3, -0.25) is 9.79 Å². The fourth-order valence-electron chi connectivity index (χ4n) is 3.93. The SMILES string of the molecule is CCNC(=NCCCc1c[nH]c2ccccc12)N1CCC(CC(=O)NC)CC1.I. The first kappa shape index (κ1) is 23.5. The van der Waals surface area contributed by atoms with Crippen molar-refractivity contribution in [3.8, 4) is 0 Å². The molecule has 0 radical (unpaired) electrons. The van der Waals surface area contributed by atoms with Gasteiger partial charge in [0.25, 0.3) is 0 Å². The Hall–Kier alpha value is -1.77. The molecule has 3 N–H and O–H groups in total. The number of para-hydroxylation sites is 1. The summed E-state index contributed by atoms with van der Waals surface area (Å²) in [5.74, 6) is 1.65. The number of piperidine rings is 1. The first-order chi connectivity index (χ1) is 13.7. The maximum absolute atomic E-state index is 11.6. The van der Waals surface area contributed by atoms with Crippen LogP contribution in [0.25, 0.3) is 10.9 Å². The van der Waals surface area contributed by atoms with Gasteiger partial charge in [-0.25, -0.2) is 0 Å². The van der Waals surface area contributed by atoms with E-state index in [1.807, 2.05) is 0 Å². The van der Waals surface area contributed by atoms with E-state index < -0.39 is 0 Å². The van der Waals surface area contributed by atoms with Crippen LogP contribution >= 0.6 is 24.0 Å². The van der Waals surface area contributed by atoms with Crippen molar-refractivity contribution in [3.05, 3.63) is 36.0 Å². The Morgan fingerprint density at radius 3 is 2.76 bits per heavy atom. The van der Waals surface area contributed by atoms with Crippen molar-refractivity contribution in [2.75, 3.05) is 33.2 Å². The molecule has 0 unspecified atom stereocenters. The molecule has 0 aliphatic carbocycles. The Labute approximate surface area is 190 Å². The van der Waals surface area contributed by atoms with Gasteiger partial charge in [-0.1, -0.05) is 18.2 Å². The number of hydrogen-bond acceptors (Lipinski definition) is 2. The van der Waals surface area contributed by atoms with E-state index in [2.05, 4.69) is 57.9 Å². The molecule has 2 aromatic rings. The molecular formula is C22H34IN5O. The number of aromatic amines is 1. The van der Waals surface area contributed by atoms with Gasteiger partial charge < -0.3 is 20.5 Å². The van der Waals surface area contributed by atoms with Crippen molar-refractivity contribution in [2.24, 2.45) is 10.9 Å². The second kappa shape index (κ2) is 12.0. The standard InChI is InChI=1S/C22H33N5O.HI/c1-3-24-22(27-13-10-17(11-14-27)15-21(28)23-2)25-12-6-7-18-16-26-20-9-5-4-8-19(18)20;/h4-5,8-9,16-17,26H,3,6-7,10-15H2,1-2H3,(H,23,28)(H,24,25);1H. The summed E-state index contributed by atoms with van der Waals surface area (Å²) in [6.07, 6.45) is 6.92. The van der Waals surface area contributed by atoms with E-state index in [1.165, 1.54) is 16.5 Å². The van der Waals surface area contributed by atoms with Gasteiger partial charge in [0.1, 0.15) is 0 Å². The minimum Gasteiger partial charge on any atom is -0.361 e. The summed E-state index contributed by atoms with van der Waals surface area (Å²) in [4.78, 5) is 22.1. The van der Waals surface area contributed by atoms with Gasteiger partial charge in [0.2, 0.25) is 5.91 Å². The number of aliphatic imine (C=N–C) groups is 1. The monoisotopic (exact) mass is 511 g/mol. The largest absolute Gasteiger partial charge is 0.361 e. The highest BCUT2D eigenvalue weighted by atomic mass is 127. The minimum atomic E-state index is 0. The second-order valence-electron chi connectivity index (χ2n) is 7.51. The number of rotatable bonds is 7. The van der Waals surface area contributed by atoms with Crippen LogP contribution in [0.4, 0.5) is 0 Å². The molecule has 0 atom stereocenters. The fourth-order valence-corrected chi connectivity index (χ4v) is 3.93. The number of carbonyl (C=O) groups excluding carboxylic acids is 1. The summed E-state index contributed by atoms with van der Waals surface area (Å²) in [6, 6.07) is 8.45. The van der Waals surface area contributed by atoms with Crippen LogP contribution in [-0.2, 0) is 11.2 Å². The third kappa shape index (κ3) is 6.62. The molecule has 1 aromatic heterocycles. The molecule has 1 aliphatic heterocycles. The molecule has 1 fully saturated rings. The lowest BCUT2D eigenvalue weighted by molar-refractivity contribution is -0.121. The van der Waals surface area contributed by atoms with E-state index in [0.717, 1.165) is 57.8 Å². The van der Waals surface area contributed by atoms with E-state index in [4.69, 9.17) is 4.99 Å². The normalized spacial score (nSPS) is 15.2. The van der Waals surface area contributed by atoms with E-state index in [-0.39, 0.29) is 29.9 Å². The molecule has 0 bridgehead atoms. The number of aryl methyl sites for hydroxylation is 1. The Balaban J connectivity index is 0.00000300. The number of nitrogens with zero attached hydrogens (tertiary/aromatic N) is 2. The molecule has 1 aromatic carbocycles. The Morgan fingerprint density at radius 1 is 1.28 bits per heavy atom. The zero-order valence-electron chi connectivity index (χ0n) is 17.5. The fraction of sp³-hybridized carbons (Fsp3) is 0.545. The van der Waals surface area contributed by atoms with Crippen LogP contribution < -0.4 is 10.6 Å². The van der Waals surface area contributed by atoms with Gasteiger partial charge in [-0.2, -0.15) is 0 Å².